The Bertz CT molecular complexity index is 831. The van der Waals surface area contributed by atoms with Crippen LogP contribution in [0.5, 0.6) is 5.75 Å². The predicted octanol–water partition coefficient (Wildman–Crippen LogP) is 9.37. The van der Waals surface area contributed by atoms with E-state index >= 15 is 0 Å². The lowest BCUT2D eigenvalue weighted by Crippen LogP contribution is -2.25. The van der Waals surface area contributed by atoms with E-state index in [2.05, 4.69) is 48.1 Å². The molecule has 0 radical (unpaired) electrons. The van der Waals surface area contributed by atoms with Crippen LogP contribution in [0.25, 0.3) is 11.4 Å². The molecule has 0 bridgehead atoms. The largest absolute Gasteiger partial charge is 0.490 e. The van der Waals surface area contributed by atoms with Crippen LogP contribution in [0.3, 0.4) is 0 Å². The average molecular weight is 477 g/mol. The van der Waals surface area contributed by atoms with E-state index in [1.807, 2.05) is 12.4 Å². The van der Waals surface area contributed by atoms with Gasteiger partial charge in [-0.25, -0.2) is 9.97 Å². The van der Waals surface area contributed by atoms with Gasteiger partial charge in [-0.15, -0.1) is 0 Å². The van der Waals surface area contributed by atoms with Crippen LogP contribution in [0.2, 0.25) is 0 Å². The van der Waals surface area contributed by atoms with Crippen LogP contribution in [-0.2, 0) is 0 Å². The Hall–Kier alpha value is -1.90. The van der Waals surface area contributed by atoms with E-state index < -0.39 is 0 Å². The molecule has 0 saturated heterocycles. The third-order valence-electron chi connectivity index (χ3n) is 8.83. The lowest BCUT2D eigenvalue weighted by Gasteiger charge is -2.38. The first-order valence-corrected chi connectivity index (χ1v) is 14.8. The molecule has 4 rings (SSSR count). The number of nitrogens with zero attached hydrogens (tertiary/aromatic N) is 2. The molecular weight excluding hydrogens is 428 g/mol. The summed E-state index contributed by atoms with van der Waals surface area (Å²) in [5, 5.41) is 0. The molecule has 1 aromatic heterocycles. The number of hydrogen-bond donors (Lipinski definition) is 0. The van der Waals surface area contributed by atoms with Crippen molar-refractivity contribution in [3.8, 4) is 17.1 Å². The van der Waals surface area contributed by atoms with Crippen LogP contribution in [0.15, 0.2) is 36.7 Å². The third kappa shape index (κ3) is 7.79. The fourth-order valence-corrected chi connectivity index (χ4v) is 6.54. The fourth-order valence-electron chi connectivity index (χ4n) is 6.54. The Morgan fingerprint density at radius 3 is 1.94 bits per heavy atom. The molecule has 192 valence electrons. The Labute approximate surface area is 214 Å². The smallest absolute Gasteiger partial charge is 0.159 e. The van der Waals surface area contributed by atoms with Crippen LogP contribution in [0.1, 0.15) is 122 Å². The molecule has 0 spiro atoms. The second kappa shape index (κ2) is 14.0. The van der Waals surface area contributed by atoms with E-state index in [0.717, 1.165) is 53.8 Å². The van der Waals surface area contributed by atoms with Gasteiger partial charge in [0, 0.05) is 5.56 Å². The van der Waals surface area contributed by atoms with Crippen molar-refractivity contribution in [3.63, 3.8) is 0 Å². The normalized spacial score (nSPS) is 24.9. The van der Waals surface area contributed by atoms with Crippen molar-refractivity contribution in [3.05, 3.63) is 42.2 Å². The zero-order chi connectivity index (χ0) is 24.3. The Morgan fingerprint density at radius 2 is 1.31 bits per heavy atom. The highest BCUT2D eigenvalue weighted by atomic mass is 16.5. The standard InChI is InChI=1S/C32H48N2O/c1-3-5-7-9-25-10-12-26(13-11-25)27-14-16-28(17-15-27)29-18-20-30(21-19-29)32-33-23-31(24-34-32)35-22-8-6-4-2/h18-21,23-28H,3-17,22H2,1-2H3/t25-,26-,27-,28-. The van der Waals surface area contributed by atoms with Crippen LogP contribution in [-0.4, -0.2) is 16.6 Å². The van der Waals surface area contributed by atoms with E-state index in [1.54, 1.807) is 0 Å². The maximum Gasteiger partial charge on any atom is 0.159 e. The van der Waals surface area contributed by atoms with Crippen LogP contribution in [0.4, 0.5) is 0 Å². The zero-order valence-electron chi connectivity index (χ0n) is 22.4. The van der Waals surface area contributed by atoms with E-state index in [9.17, 15) is 0 Å². The zero-order valence-corrected chi connectivity index (χ0v) is 22.4. The molecule has 2 aliphatic rings. The SMILES string of the molecule is CCCCCOc1cnc(-c2ccc([C@H]3CC[C@H]([C@H]4CC[C@H](CCCCC)CC4)CC3)cc2)nc1. The number of ether oxygens (including phenoxy) is 1. The number of benzene rings is 1. The quantitative estimate of drug-likeness (QED) is 0.286. The highest BCUT2D eigenvalue weighted by Gasteiger charge is 2.31. The minimum absolute atomic E-state index is 0.727. The summed E-state index contributed by atoms with van der Waals surface area (Å²) in [5.74, 6) is 5.31. The van der Waals surface area contributed by atoms with Gasteiger partial charge < -0.3 is 4.74 Å². The van der Waals surface area contributed by atoms with E-state index in [4.69, 9.17) is 4.74 Å². The van der Waals surface area contributed by atoms with Crippen LogP contribution < -0.4 is 4.74 Å². The van der Waals surface area contributed by atoms with Gasteiger partial charge in [0.15, 0.2) is 11.6 Å². The van der Waals surface area contributed by atoms with E-state index in [-0.39, 0.29) is 0 Å². The van der Waals surface area contributed by atoms with Gasteiger partial charge in [-0.3, -0.25) is 0 Å². The molecule has 2 aliphatic carbocycles. The molecule has 2 saturated carbocycles. The number of aromatic nitrogens is 2. The molecule has 0 aliphatic heterocycles. The summed E-state index contributed by atoms with van der Waals surface area (Å²) in [6.45, 7) is 5.27. The Kier molecular flexibility index (Phi) is 10.5. The summed E-state index contributed by atoms with van der Waals surface area (Å²) in [4.78, 5) is 9.08. The molecular formula is C32H48N2O. The van der Waals surface area contributed by atoms with Crippen molar-refractivity contribution in [2.75, 3.05) is 6.61 Å². The van der Waals surface area contributed by atoms with Gasteiger partial charge in [0.05, 0.1) is 19.0 Å². The summed E-state index contributed by atoms with van der Waals surface area (Å²) in [6, 6.07) is 9.05. The van der Waals surface area contributed by atoms with Gasteiger partial charge in [-0.1, -0.05) is 89.5 Å². The van der Waals surface area contributed by atoms with Crippen molar-refractivity contribution >= 4 is 0 Å². The van der Waals surface area contributed by atoms with Crippen molar-refractivity contribution in [2.24, 2.45) is 17.8 Å². The van der Waals surface area contributed by atoms with Crippen molar-refractivity contribution in [2.45, 2.75) is 116 Å². The van der Waals surface area contributed by atoms with Gasteiger partial charge in [0.1, 0.15) is 0 Å². The Balaban J connectivity index is 1.21. The summed E-state index contributed by atoms with van der Waals surface area (Å²) in [6.07, 6.45) is 24.4. The van der Waals surface area contributed by atoms with Crippen molar-refractivity contribution in [1.82, 2.24) is 9.97 Å². The van der Waals surface area contributed by atoms with Gasteiger partial charge in [-0.05, 0) is 74.2 Å². The molecule has 0 N–H and O–H groups in total. The molecule has 2 fully saturated rings. The maximum atomic E-state index is 5.75. The Morgan fingerprint density at radius 1 is 0.714 bits per heavy atom. The first-order chi connectivity index (χ1) is 17.3. The summed E-state index contributed by atoms with van der Waals surface area (Å²) in [5.41, 5.74) is 2.60. The highest BCUT2D eigenvalue weighted by molar-refractivity contribution is 5.55. The number of rotatable bonds is 12. The topological polar surface area (TPSA) is 35.0 Å². The lowest BCUT2D eigenvalue weighted by atomic mass is 9.68. The monoisotopic (exact) mass is 476 g/mol. The minimum Gasteiger partial charge on any atom is -0.490 e. The molecule has 3 heteroatoms. The van der Waals surface area contributed by atoms with Crippen molar-refractivity contribution in [1.29, 1.82) is 0 Å². The first kappa shape index (κ1) is 26.2. The second-order valence-electron chi connectivity index (χ2n) is 11.3. The van der Waals surface area contributed by atoms with Gasteiger partial charge >= 0.3 is 0 Å². The van der Waals surface area contributed by atoms with Crippen LogP contribution >= 0.6 is 0 Å². The highest BCUT2D eigenvalue weighted by Crippen LogP contribution is 2.44. The van der Waals surface area contributed by atoms with Gasteiger partial charge in [0.2, 0.25) is 0 Å². The summed E-state index contributed by atoms with van der Waals surface area (Å²) >= 11 is 0. The predicted molar refractivity (Wildman–Crippen MR) is 147 cm³/mol. The summed E-state index contributed by atoms with van der Waals surface area (Å²) in [7, 11) is 0. The van der Waals surface area contributed by atoms with Crippen molar-refractivity contribution < 1.29 is 4.74 Å². The molecule has 0 amide bonds. The molecule has 3 nitrogen and oxygen atoms in total. The van der Waals surface area contributed by atoms with Gasteiger partial charge in [0.25, 0.3) is 0 Å². The molecule has 0 unspecified atom stereocenters. The van der Waals surface area contributed by atoms with Gasteiger partial charge in [-0.2, -0.15) is 0 Å². The number of unbranched alkanes of at least 4 members (excludes halogenated alkanes) is 4. The third-order valence-corrected chi connectivity index (χ3v) is 8.83. The van der Waals surface area contributed by atoms with Crippen LogP contribution in [0, 0.1) is 17.8 Å². The fraction of sp³-hybridized carbons (Fsp3) is 0.688. The molecule has 35 heavy (non-hydrogen) atoms. The average Bonchev–Trinajstić information content (AvgIpc) is 2.92. The molecule has 2 aromatic rings. The molecule has 1 heterocycles. The maximum absolute atomic E-state index is 5.75. The van der Waals surface area contributed by atoms with E-state index in [0.29, 0.717) is 0 Å². The summed E-state index contributed by atoms with van der Waals surface area (Å²) < 4.78 is 5.75. The van der Waals surface area contributed by atoms with E-state index in [1.165, 1.54) is 95.5 Å². The number of hydrogen-bond acceptors (Lipinski definition) is 3. The molecule has 0 atom stereocenters. The first-order valence-electron chi connectivity index (χ1n) is 14.8. The molecule has 1 aromatic carbocycles. The lowest BCUT2D eigenvalue weighted by molar-refractivity contribution is 0.155. The minimum atomic E-state index is 0.727. The second-order valence-corrected chi connectivity index (χ2v) is 11.3.